The van der Waals surface area contributed by atoms with Crippen molar-refractivity contribution >= 4 is 8.25 Å². The van der Waals surface area contributed by atoms with Crippen molar-refractivity contribution in [2.75, 3.05) is 13.2 Å². The van der Waals surface area contributed by atoms with Crippen molar-refractivity contribution in [2.45, 2.75) is 38.5 Å². The quantitative estimate of drug-likeness (QED) is 0.263. The molecule has 3 nitrogen and oxygen atoms in total. The third-order valence-corrected chi connectivity index (χ3v) is 2.97. The zero-order valence-corrected chi connectivity index (χ0v) is 13.0. The summed E-state index contributed by atoms with van der Waals surface area (Å²) >= 11 is 0. The van der Waals surface area contributed by atoms with E-state index >= 15 is 0 Å². The standard InChI is InChI=1S/C16H23O3P/c1-3-5-7-9-11-13-15-18-20(17)19-16-14-12-10-8-6-4-2/h3-4,20H,1-2,5-8,13-16H2. The van der Waals surface area contributed by atoms with E-state index in [1.807, 2.05) is 12.2 Å². The van der Waals surface area contributed by atoms with Crippen molar-refractivity contribution in [3.05, 3.63) is 25.3 Å². The zero-order chi connectivity index (χ0) is 14.9. The topological polar surface area (TPSA) is 35.5 Å². The average Bonchev–Trinajstić information content (AvgIpc) is 2.45. The van der Waals surface area contributed by atoms with Gasteiger partial charge in [0, 0.05) is 25.7 Å². The Morgan fingerprint density at radius 3 is 1.60 bits per heavy atom. The highest BCUT2D eigenvalue weighted by atomic mass is 31.1. The summed E-state index contributed by atoms with van der Waals surface area (Å²) in [7, 11) is -2.40. The maximum Gasteiger partial charge on any atom is 0.319 e. The van der Waals surface area contributed by atoms with Gasteiger partial charge >= 0.3 is 8.25 Å². The predicted octanol–water partition coefficient (Wildman–Crippen LogP) is 4.13. The first kappa shape index (κ1) is 18.8. The Balaban J connectivity index is 3.44. The summed E-state index contributed by atoms with van der Waals surface area (Å²) in [6.45, 7) is 7.90. The van der Waals surface area contributed by atoms with E-state index < -0.39 is 8.25 Å². The van der Waals surface area contributed by atoms with Gasteiger partial charge in [-0.1, -0.05) is 12.2 Å². The molecule has 0 aliphatic rings. The Hall–Kier alpha value is -1.25. The largest absolute Gasteiger partial charge is 0.319 e. The first-order chi connectivity index (χ1) is 9.81. The molecule has 0 aromatic carbocycles. The van der Waals surface area contributed by atoms with Crippen LogP contribution in [-0.2, 0) is 13.6 Å². The van der Waals surface area contributed by atoms with Gasteiger partial charge in [-0.3, -0.25) is 4.57 Å². The molecule has 0 rings (SSSR count). The Morgan fingerprint density at radius 1 is 0.800 bits per heavy atom. The normalized spacial score (nSPS) is 9.25. The minimum atomic E-state index is -2.40. The predicted molar refractivity (Wildman–Crippen MR) is 84.6 cm³/mol. The van der Waals surface area contributed by atoms with Gasteiger partial charge < -0.3 is 9.05 Å². The molecule has 0 fully saturated rings. The van der Waals surface area contributed by atoms with Crippen LogP contribution in [0.3, 0.4) is 0 Å². The lowest BCUT2D eigenvalue weighted by atomic mass is 10.3. The summed E-state index contributed by atoms with van der Waals surface area (Å²) in [5, 5.41) is 0. The molecule has 0 N–H and O–H groups in total. The molecule has 4 heteroatoms. The van der Waals surface area contributed by atoms with E-state index in [1.54, 1.807) is 0 Å². The second-order valence-corrected chi connectivity index (χ2v) is 4.89. The molecule has 0 radical (unpaired) electrons. The average molecular weight is 294 g/mol. The van der Waals surface area contributed by atoms with Gasteiger partial charge in [0.2, 0.25) is 0 Å². The maximum atomic E-state index is 11.3. The van der Waals surface area contributed by atoms with Gasteiger partial charge in [-0.05, 0) is 12.8 Å². The third kappa shape index (κ3) is 14.8. The second kappa shape index (κ2) is 15.8. The van der Waals surface area contributed by atoms with Crippen LogP contribution >= 0.6 is 8.25 Å². The summed E-state index contributed by atoms with van der Waals surface area (Å²) in [4.78, 5) is 0. The minimum Gasteiger partial charge on any atom is -0.310 e. The van der Waals surface area contributed by atoms with Crippen LogP contribution in [0, 0.1) is 23.7 Å². The molecule has 0 saturated heterocycles. The molecule has 0 bridgehead atoms. The van der Waals surface area contributed by atoms with Crippen LogP contribution in [0.1, 0.15) is 38.5 Å². The Labute approximate surface area is 123 Å². The number of unbranched alkanes of at least 4 members (excludes halogenated alkanes) is 2. The smallest absolute Gasteiger partial charge is 0.310 e. The van der Waals surface area contributed by atoms with Crippen molar-refractivity contribution < 1.29 is 13.6 Å². The summed E-state index contributed by atoms with van der Waals surface area (Å²) < 4.78 is 21.4. The Morgan fingerprint density at radius 2 is 1.20 bits per heavy atom. The van der Waals surface area contributed by atoms with Gasteiger partial charge in [0.15, 0.2) is 0 Å². The molecular weight excluding hydrogens is 271 g/mol. The van der Waals surface area contributed by atoms with Crippen molar-refractivity contribution in [3.8, 4) is 23.7 Å². The van der Waals surface area contributed by atoms with Crippen LogP contribution in [0.4, 0.5) is 0 Å². The molecule has 0 aromatic heterocycles. The molecular formula is C16H23O3P. The molecule has 0 aliphatic heterocycles. The van der Waals surface area contributed by atoms with Crippen molar-refractivity contribution in [1.29, 1.82) is 0 Å². The third-order valence-electron chi connectivity index (χ3n) is 2.09. The molecule has 110 valence electrons. The van der Waals surface area contributed by atoms with E-state index in [9.17, 15) is 4.57 Å². The molecule has 0 saturated carbocycles. The molecule has 0 aliphatic carbocycles. The lowest BCUT2D eigenvalue weighted by Crippen LogP contribution is -1.89. The number of rotatable bonds is 10. The van der Waals surface area contributed by atoms with Crippen molar-refractivity contribution in [3.63, 3.8) is 0 Å². The summed E-state index contributed by atoms with van der Waals surface area (Å²) in [6, 6.07) is 0. The van der Waals surface area contributed by atoms with Gasteiger partial charge in [0.1, 0.15) is 0 Å². The van der Waals surface area contributed by atoms with E-state index in [2.05, 4.69) is 36.8 Å². The minimum absolute atomic E-state index is 0.337. The highest BCUT2D eigenvalue weighted by molar-refractivity contribution is 7.33. The molecule has 0 atom stereocenters. The lowest BCUT2D eigenvalue weighted by Gasteiger charge is -2.01. The van der Waals surface area contributed by atoms with Crippen molar-refractivity contribution in [2.24, 2.45) is 0 Å². The molecule has 0 unspecified atom stereocenters. The van der Waals surface area contributed by atoms with E-state index in [-0.39, 0.29) is 0 Å². The van der Waals surface area contributed by atoms with Crippen molar-refractivity contribution in [1.82, 2.24) is 0 Å². The zero-order valence-electron chi connectivity index (χ0n) is 12.0. The molecule has 0 amide bonds. The van der Waals surface area contributed by atoms with Crippen LogP contribution in [0.25, 0.3) is 0 Å². The molecule has 0 aromatic rings. The van der Waals surface area contributed by atoms with Crippen LogP contribution in [0.15, 0.2) is 25.3 Å². The highest BCUT2D eigenvalue weighted by Crippen LogP contribution is 2.23. The van der Waals surface area contributed by atoms with Gasteiger partial charge in [-0.15, -0.1) is 36.8 Å². The summed E-state index contributed by atoms with van der Waals surface area (Å²) in [6.07, 6.45) is 8.19. The van der Waals surface area contributed by atoms with Crippen LogP contribution in [0.2, 0.25) is 0 Å². The number of hydrogen-bond acceptors (Lipinski definition) is 3. The summed E-state index contributed by atoms with van der Waals surface area (Å²) in [5.74, 6) is 11.8. The van der Waals surface area contributed by atoms with Gasteiger partial charge in [-0.25, -0.2) is 0 Å². The van der Waals surface area contributed by atoms with E-state index in [0.29, 0.717) is 26.1 Å². The second-order valence-electron chi connectivity index (χ2n) is 3.81. The molecule has 0 heterocycles. The van der Waals surface area contributed by atoms with Crippen LogP contribution < -0.4 is 0 Å². The number of hydrogen-bond donors (Lipinski definition) is 0. The summed E-state index contributed by atoms with van der Waals surface area (Å²) in [5.41, 5.74) is 0. The Bertz CT molecular complexity index is 369. The highest BCUT2D eigenvalue weighted by Gasteiger charge is 1.97. The number of allylic oxidation sites excluding steroid dienone is 2. The van der Waals surface area contributed by atoms with Gasteiger partial charge in [0.25, 0.3) is 0 Å². The lowest BCUT2D eigenvalue weighted by molar-refractivity contribution is 0.233. The van der Waals surface area contributed by atoms with Crippen LogP contribution in [-0.4, -0.2) is 13.2 Å². The van der Waals surface area contributed by atoms with E-state index in [1.165, 1.54) is 0 Å². The maximum absolute atomic E-state index is 11.3. The fourth-order valence-corrected chi connectivity index (χ4v) is 1.74. The van der Waals surface area contributed by atoms with E-state index in [4.69, 9.17) is 9.05 Å². The molecule has 20 heavy (non-hydrogen) atoms. The first-order valence-electron chi connectivity index (χ1n) is 6.74. The van der Waals surface area contributed by atoms with Gasteiger partial charge in [0.05, 0.1) is 13.2 Å². The molecule has 0 spiro atoms. The van der Waals surface area contributed by atoms with E-state index in [0.717, 1.165) is 25.7 Å². The fraction of sp³-hybridized carbons (Fsp3) is 0.500. The fourth-order valence-electron chi connectivity index (χ4n) is 1.11. The van der Waals surface area contributed by atoms with Gasteiger partial charge in [-0.2, -0.15) is 0 Å². The monoisotopic (exact) mass is 294 g/mol. The Kier molecular flexibility index (Phi) is 14.8. The van der Waals surface area contributed by atoms with Crippen LogP contribution in [0.5, 0.6) is 0 Å². The SMILES string of the molecule is C=CCCC#CCCO[PH](=O)OCCC#CCCC=C. The first-order valence-corrected chi connectivity index (χ1v) is 7.96.